The minimum absolute atomic E-state index is 0. The van der Waals surface area contributed by atoms with Gasteiger partial charge in [0.1, 0.15) is 0 Å². The van der Waals surface area contributed by atoms with Gasteiger partial charge in [-0.15, -0.1) is 0 Å². The first-order chi connectivity index (χ1) is 10.8. The quantitative estimate of drug-likeness (QED) is 0.476. The molecule has 1 fully saturated rings. The van der Waals surface area contributed by atoms with Gasteiger partial charge in [0, 0.05) is 35.2 Å². The van der Waals surface area contributed by atoms with Crippen molar-refractivity contribution in [2.24, 2.45) is 11.5 Å². The predicted molar refractivity (Wildman–Crippen MR) is 91.5 cm³/mol. The summed E-state index contributed by atoms with van der Waals surface area (Å²) in [6.45, 7) is 0. The van der Waals surface area contributed by atoms with Crippen LogP contribution in [0.25, 0.3) is 21.8 Å². The molecule has 0 aliphatic heterocycles. The fourth-order valence-electron chi connectivity index (χ4n) is 2.87. The third-order valence-electron chi connectivity index (χ3n) is 4.22. The molecule has 2 atom stereocenters. The Hall–Kier alpha value is -1.35. The van der Waals surface area contributed by atoms with Gasteiger partial charge in [0.2, 0.25) is 0 Å². The van der Waals surface area contributed by atoms with Crippen molar-refractivity contribution < 1.29 is 21.1 Å². The Morgan fingerprint density at radius 2 is 1.17 bits per heavy atom. The second-order valence-electron chi connectivity index (χ2n) is 5.83. The Labute approximate surface area is 150 Å². The zero-order valence-electron chi connectivity index (χ0n) is 13.0. The monoisotopic (exact) mass is 489 g/mol. The molecule has 4 rings (SSSR count). The Morgan fingerprint density at radius 1 is 0.739 bits per heavy atom. The van der Waals surface area contributed by atoms with Crippen molar-refractivity contribution in [1.82, 2.24) is 9.97 Å². The molecule has 4 nitrogen and oxygen atoms in total. The van der Waals surface area contributed by atoms with E-state index in [9.17, 15) is 0 Å². The van der Waals surface area contributed by atoms with Crippen molar-refractivity contribution in [3.8, 4) is 0 Å². The molecule has 122 valence electrons. The van der Waals surface area contributed by atoms with E-state index in [4.69, 9.17) is 11.5 Å². The third-order valence-corrected chi connectivity index (χ3v) is 4.22. The predicted octanol–water partition coefficient (Wildman–Crippen LogP) is 3.00. The summed E-state index contributed by atoms with van der Waals surface area (Å²) in [4.78, 5) is 8.69. The van der Waals surface area contributed by atoms with Crippen LogP contribution >= 0.6 is 0 Å². The van der Waals surface area contributed by atoms with Crippen LogP contribution in [0.1, 0.15) is 25.7 Å². The van der Waals surface area contributed by atoms with Crippen LogP contribution in [0.3, 0.4) is 0 Å². The number of fused-ring (bicyclic) bond motifs is 3. The number of pyridine rings is 2. The fourth-order valence-corrected chi connectivity index (χ4v) is 2.87. The summed E-state index contributed by atoms with van der Waals surface area (Å²) >= 11 is 0. The van der Waals surface area contributed by atoms with Gasteiger partial charge in [0.15, 0.2) is 0 Å². The molecule has 23 heavy (non-hydrogen) atoms. The molecule has 0 bridgehead atoms. The van der Waals surface area contributed by atoms with Crippen LogP contribution in [0.15, 0.2) is 48.8 Å². The molecular weight excluding hydrogens is 467 g/mol. The van der Waals surface area contributed by atoms with E-state index in [1.807, 2.05) is 12.1 Å². The maximum Gasteiger partial charge on any atom is 2.00 e. The Bertz CT molecular complexity index is 697. The average molecular weight is 489 g/mol. The van der Waals surface area contributed by atoms with E-state index >= 15 is 0 Å². The molecule has 5 heteroatoms. The smallest absolute Gasteiger partial charge is 0.326 e. The summed E-state index contributed by atoms with van der Waals surface area (Å²) in [5.74, 6) is 0. The van der Waals surface area contributed by atoms with Crippen LogP contribution in [-0.4, -0.2) is 22.1 Å². The molecule has 4 N–H and O–H groups in total. The molecule has 2 aromatic heterocycles. The number of hydrogen-bond acceptors (Lipinski definition) is 4. The summed E-state index contributed by atoms with van der Waals surface area (Å²) in [6, 6.07) is 12.7. The molecule has 1 aliphatic carbocycles. The molecule has 0 radical (unpaired) electrons. The van der Waals surface area contributed by atoms with Crippen LogP contribution in [0.4, 0.5) is 0 Å². The zero-order valence-corrected chi connectivity index (χ0v) is 15.2. The second-order valence-corrected chi connectivity index (χ2v) is 5.83. The van der Waals surface area contributed by atoms with Crippen molar-refractivity contribution in [1.29, 1.82) is 0 Å². The van der Waals surface area contributed by atoms with E-state index in [1.165, 1.54) is 12.8 Å². The van der Waals surface area contributed by atoms with Crippen molar-refractivity contribution in [3.63, 3.8) is 0 Å². The van der Waals surface area contributed by atoms with Crippen LogP contribution < -0.4 is 11.5 Å². The average Bonchev–Trinajstić information content (AvgIpc) is 2.58. The summed E-state index contributed by atoms with van der Waals surface area (Å²) in [7, 11) is 0. The van der Waals surface area contributed by atoms with E-state index in [1.54, 1.807) is 12.4 Å². The van der Waals surface area contributed by atoms with Crippen LogP contribution in [-0.2, 0) is 21.1 Å². The number of hydrogen-bond donors (Lipinski definition) is 2. The molecule has 1 aromatic carbocycles. The van der Waals surface area contributed by atoms with Gasteiger partial charge in [-0.3, -0.25) is 9.97 Å². The standard InChI is InChI=1S/C12H8N2.C6H14N2.Pt/c1-3-9-5-6-10-4-2-8-14-12(10)11(9)13-7-1;7-5-3-1-2-4-6(5)8;/h1-8H;5-6H,1-4,7-8H2;/q;;+2/t;5-,6-;/m.0./s1. The first-order valence-electron chi connectivity index (χ1n) is 7.85. The van der Waals surface area contributed by atoms with E-state index < -0.39 is 0 Å². The Balaban J connectivity index is 0.000000185. The zero-order chi connectivity index (χ0) is 15.4. The van der Waals surface area contributed by atoms with Gasteiger partial charge in [0.25, 0.3) is 0 Å². The van der Waals surface area contributed by atoms with Crippen molar-refractivity contribution in [3.05, 3.63) is 48.8 Å². The summed E-state index contributed by atoms with van der Waals surface area (Å²) in [6.07, 6.45) is 8.40. The van der Waals surface area contributed by atoms with Gasteiger partial charge in [-0.2, -0.15) is 0 Å². The van der Waals surface area contributed by atoms with Crippen LogP contribution in [0, 0.1) is 0 Å². The van der Waals surface area contributed by atoms with Gasteiger partial charge in [-0.1, -0.05) is 37.1 Å². The Morgan fingerprint density at radius 3 is 1.57 bits per heavy atom. The number of nitrogens with two attached hydrogens (primary N) is 2. The van der Waals surface area contributed by atoms with Crippen molar-refractivity contribution >= 4 is 21.8 Å². The number of nitrogens with zero attached hydrogens (tertiary/aromatic N) is 2. The summed E-state index contributed by atoms with van der Waals surface area (Å²) in [5.41, 5.74) is 13.3. The molecule has 0 unspecified atom stereocenters. The van der Waals surface area contributed by atoms with Gasteiger partial charge >= 0.3 is 21.1 Å². The van der Waals surface area contributed by atoms with E-state index in [0.29, 0.717) is 0 Å². The summed E-state index contributed by atoms with van der Waals surface area (Å²) < 4.78 is 0. The number of benzene rings is 1. The van der Waals surface area contributed by atoms with E-state index in [0.717, 1.165) is 34.6 Å². The number of rotatable bonds is 0. The van der Waals surface area contributed by atoms with Gasteiger partial charge < -0.3 is 11.5 Å². The normalized spacial score (nSPS) is 20.4. The fraction of sp³-hybridized carbons (Fsp3) is 0.333. The first-order valence-corrected chi connectivity index (χ1v) is 7.85. The molecule has 3 aromatic rings. The van der Waals surface area contributed by atoms with E-state index in [2.05, 4.69) is 34.2 Å². The minimum atomic E-state index is 0. The third kappa shape index (κ3) is 4.35. The maximum atomic E-state index is 5.65. The largest absolute Gasteiger partial charge is 2.00 e. The summed E-state index contributed by atoms with van der Waals surface area (Å²) in [5, 5.41) is 2.28. The number of aromatic nitrogens is 2. The topological polar surface area (TPSA) is 77.8 Å². The molecule has 0 saturated heterocycles. The molecule has 1 saturated carbocycles. The van der Waals surface area contributed by atoms with Gasteiger partial charge in [0.05, 0.1) is 11.0 Å². The molecule has 2 heterocycles. The molecule has 0 amide bonds. The van der Waals surface area contributed by atoms with Crippen molar-refractivity contribution in [2.75, 3.05) is 0 Å². The molecule has 1 aliphatic rings. The first kappa shape index (κ1) is 18.0. The SMILES string of the molecule is N[C@H]1CCCC[C@@H]1N.[Pt+2].c1cnc2c(c1)ccc1cccnc12. The molecule has 0 spiro atoms. The van der Waals surface area contributed by atoms with Crippen LogP contribution in [0.5, 0.6) is 0 Å². The minimum Gasteiger partial charge on any atom is -0.326 e. The molecular formula is C18H22N4Pt+2. The maximum absolute atomic E-state index is 5.65. The van der Waals surface area contributed by atoms with Gasteiger partial charge in [-0.05, 0) is 25.0 Å². The van der Waals surface area contributed by atoms with Crippen LogP contribution in [0.2, 0.25) is 0 Å². The Kier molecular flexibility index (Phi) is 6.64. The van der Waals surface area contributed by atoms with Gasteiger partial charge in [-0.25, -0.2) is 0 Å². The van der Waals surface area contributed by atoms with E-state index in [-0.39, 0.29) is 33.1 Å². The van der Waals surface area contributed by atoms with Crippen molar-refractivity contribution in [2.45, 2.75) is 37.8 Å². The second kappa shape index (κ2) is 8.49.